The summed E-state index contributed by atoms with van der Waals surface area (Å²) in [5, 5.41) is 140. The highest BCUT2D eigenvalue weighted by Gasteiger charge is 2.69. The maximum absolute atomic E-state index is 11.7. The molecule has 0 spiro atoms. The van der Waals surface area contributed by atoms with E-state index in [0.717, 1.165) is 50.5 Å². The summed E-state index contributed by atoms with van der Waals surface area (Å²) in [6.07, 6.45) is -19.4. The van der Waals surface area contributed by atoms with Gasteiger partial charge in [-0.2, -0.15) is 0 Å². The van der Waals surface area contributed by atoms with Crippen LogP contribution in [0.15, 0.2) is 11.6 Å². The van der Waals surface area contributed by atoms with E-state index in [2.05, 4.69) is 34.6 Å². The number of hydrogen-bond donors (Lipinski definition) is 13. The molecule has 388 valence electrons. The average Bonchev–Trinajstić information content (AvgIpc) is 3.56. The lowest BCUT2D eigenvalue weighted by molar-refractivity contribution is -0.399. The second-order valence-corrected chi connectivity index (χ2v) is 22.7. The monoisotopic (exact) mass is 963 g/mol. The average molecular weight is 963 g/mol. The van der Waals surface area contributed by atoms with Gasteiger partial charge in [-0.1, -0.05) is 46.3 Å². The molecule has 7 aliphatic rings. The third kappa shape index (κ3) is 9.24. The SMILES string of the molecule is CC(C)=CC(O)C(O)C(CO)C1CCC2(C)C3CCC4C(C)(C)C(OC5OC(CO)C(O)C(OC6OC(CO)C(O)C(O)C6O)C5OC5OC(CO)C(O)C(O)C5O)CCC4(C)C3CCC12C. The molecule has 0 aromatic rings. The Balaban J connectivity index is 1.15. The second kappa shape index (κ2) is 20.5. The first-order valence-corrected chi connectivity index (χ1v) is 24.6. The lowest BCUT2D eigenvalue weighted by Crippen LogP contribution is -2.68. The van der Waals surface area contributed by atoms with E-state index in [4.69, 9.17) is 28.4 Å². The summed E-state index contributed by atoms with van der Waals surface area (Å²) in [4.78, 5) is 0. The van der Waals surface area contributed by atoms with Gasteiger partial charge in [-0.25, -0.2) is 0 Å². The molecule has 67 heavy (non-hydrogen) atoms. The fraction of sp³-hybridized carbons (Fsp3) is 0.958. The molecule has 0 aromatic heterocycles. The molecule has 3 heterocycles. The van der Waals surface area contributed by atoms with Gasteiger partial charge in [-0.05, 0) is 111 Å². The minimum absolute atomic E-state index is 0.0215. The molecule has 19 nitrogen and oxygen atoms in total. The Morgan fingerprint density at radius 3 is 1.63 bits per heavy atom. The Kier molecular flexibility index (Phi) is 16.4. The summed E-state index contributed by atoms with van der Waals surface area (Å²) < 4.78 is 37.0. The van der Waals surface area contributed by atoms with Crippen molar-refractivity contribution in [2.24, 2.45) is 51.2 Å². The molecule has 4 saturated carbocycles. The van der Waals surface area contributed by atoms with Crippen LogP contribution >= 0.6 is 0 Å². The molecule has 26 unspecified atom stereocenters. The van der Waals surface area contributed by atoms with Crippen molar-refractivity contribution in [3.05, 3.63) is 11.6 Å². The second-order valence-electron chi connectivity index (χ2n) is 22.7. The Morgan fingerprint density at radius 2 is 1.09 bits per heavy atom. The van der Waals surface area contributed by atoms with Gasteiger partial charge in [0, 0.05) is 12.5 Å². The first-order chi connectivity index (χ1) is 31.4. The van der Waals surface area contributed by atoms with E-state index in [0.29, 0.717) is 18.3 Å². The maximum Gasteiger partial charge on any atom is 0.187 e. The smallest absolute Gasteiger partial charge is 0.187 e. The third-order valence-corrected chi connectivity index (χ3v) is 18.9. The number of fused-ring (bicyclic) bond motifs is 5. The van der Waals surface area contributed by atoms with Crippen molar-refractivity contribution in [3.63, 3.8) is 0 Å². The predicted molar refractivity (Wildman–Crippen MR) is 235 cm³/mol. The van der Waals surface area contributed by atoms with Gasteiger partial charge in [-0.3, -0.25) is 0 Å². The summed E-state index contributed by atoms with van der Waals surface area (Å²) >= 11 is 0. The van der Waals surface area contributed by atoms with E-state index in [1.54, 1.807) is 6.08 Å². The van der Waals surface area contributed by atoms with Gasteiger partial charge in [0.15, 0.2) is 18.9 Å². The molecular formula is C48H82O19. The fourth-order valence-corrected chi connectivity index (χ4v) is 14.9. The summed E-state index contributed by atoms with van der Waals surface area (Å²) in [7, 11) is 0. The van der Waals surface area contributed by atoms with E-state index in [1.165, 1.54) is 0 Å². The highest BCUT2D eigenvalue weighted by Crippen LogP contribution is 2.75. The van der Waals surface area contributed by atoms with Crippen molar-refractivity contribution in [2.75, 3.05) is 26.4 Å². The van der Waals surface area contributed by atoms with Gasteiger partial charge < -0.3 is 94.8 Å². The minimum Gasteiger partial charge on any atom is -0.396 e. The zero-order chi connectivity index (χ0) is 49.3. The van der Waals surface area contributed by atoms with E-state index in [1.807, 2.05) is 13.8 Å². The topological polar surface area (TPSA) is 318 Å². The first kappa shape index (κ1) is 53.8. The summed E-state index contributed by atoms with van der Waals surface area (Å²) in [6, 6.07) is 0. The molecule has 4 aliphatic carbocycles. The standard InChI is InChI=1S/C48H82O19/c1-21(2)16-26(53)32(54)22(17-49)23-10-14-48(7)25-8-9-30-45(3,4)31(12-13-46(30,5)24(25)11-15-47(23,48)6)65-44-41(67-43-39(61)37(59)34(56)28(19-51)63-43)40(35(57)29(20-52)64-44)66-42-38(60)36(58)33(55)27(18-50)62-42/h16,22-44,49-61H,8-15,17-20H2,1-7H3. The van der Waals surface area contributed by atoms with Gasteiger partial charge in [0.25, 0.3) is 0 Å². The molecule has 0 bridgehead atoms. The van der Waals surface area contributed by atoms with E-state index in [9.17, 15) is 66.4 Å². The highest BCUT2D eigenvalue weighted by atomic mass is 16.8. The van der Waals surface area contributed by atoms with E-state index >= 15 is 0 Å². The first-order valence-electron chi connectivity index (χ1n) is 24.6. The third-order valence-electron chi connectivity index (χ3n) is 18.9. The van der Waals surface area contributed by atoms with Crippen LogP contribution in [-0.4, -0.2) is 203 Å². The summed E-state index contributed by atoms with van der Waals surface area (Å²) in [5.74, 6) is 0.417. The molecular weight excluding hydrogens is 881 g/mol. The largest absolute Gasteiger partial charge is 0.396 e. The molecule has 0 aromatic carbocycles. The molecule has 3 saturated heterocycles. The van der Waals surface area contributed by atoms with Gasteiger partial charge in [0.1, 0.15) is 73.2 Å². The number of ether oxygens (including phenoxy) is 6. The number of aliphatic hydroxyl groups is 13. The number of rotatable bonds is 14. The van der Waals surface area contributed by atoms with Crippen molar-refractivity contribution in [3.8, 4) is 0 Å². The number of aliphatic hydroxyl groups excluding tert-OH is 13. The quantitative estimate of drug-likeness (QED) is 0.0719. The molecule has 7 fully saturated rings. The summed E-state index contributed by atoms with van der Waals surface area (Å²) in [6.45, 7) is 12.7. The Hall–Kier alpha value is -1.02. The molecule has 19 heteroatoms. The maximum atomic E-state index is 11.7. The zero-order valence-electron chi connectivity index (χ0n) is 40.1. The molecule has 26 atom stereocenters. The van der Waals surface area contributed by atoms with Crippen LogP contribution in [0.1, 0.15) is 99.8 Å². The number of allylic oxidation sites excluding steroid dienone is 1. The van der Waals surface area contributed by atoms with Crippen molar-refractivity contribution in [1.82, 2.24) is 0 Å². The number of hydrogen-bond acceptors (Lipinski definition) is 19. The predicted octanol–water partition coefficient (Wildman–Crippen LogP) is -1.20. The van der Waals surface area contributed by atoms with Gasteiger partial charge in [0.2, 0.25) is 0 Å². The molecule has 0 radical (unpaired) electrons. The highest BCUT2D eigenvalue weighted by molar-refractivity contribution is 5.18. The van der Waals surface area contributed by atoms with Crippen molar-refractivity contribution in [1.29, 1.82) is 0 Å². The van der Waals surface area contributed by atoms with Crippen molar-refractivity contribution in [2.45, 2.75) is 210 Å². The van der Waals surface area contributed by atoms with Gasteiger partial charge >= 0.3 is 0 Å². The van der Waals surface area contributed by atoms with Crippen LogP contribution in [0.4, 0.5) is 0 Å². The molecule has 0 amide bonds. The van der Waals surface area contributed by atoms with E-state index in [-0.39, 0.29) is 34.7 Å². The molecule has 7 rings (SSSR count). The fourth-order valence-electron chi connectivity index (χ4n) is 14.9. The van der Waals surface area contributed by atoms with E-state index < -0.39 is 142 Å². The van der Waals surface area contributed by atoms with Crippen LogP contribution in [0.25, 0.3) is 0 Å². The summed E-state index contributed by atoms with van der Waals surface area (Å²) in [5.41, 5.74) is -0.0161. The van der Waals surface area contributed by atoms with Crippen LogP contribution in [0.2, 0.25) is 0 Å². The van der Waals surface area contributed by atoms with Crippen LogP contribution in [-0.2, 0) is 28.4 Å². The Labute approximate surface area is 393 Å². The van der Waals surface area contributed by atoms with Crippen LogP contribution in [0.5, 0.6) is 0 Å². The molecule has 13 N–H and O–H groups in total. The van der Waals surface area contributed by atoms with Crippen LogP contribution < -0.4 is 0 Å². The van der Waals surface area contributed by atoms with Crippen molar-refractivity contribution >= 4 is 0 Å². The normalized spacial score (nSPS) is 51.2. The molecule has 3 aliphatic heterocycles. The Morgan fingerprint density at radius 1 is 0.567 bits per heavy atom. The van der Waals surface area contributed by atoms with Crippen LogP contribution in [0, 0.1) is 51.2 Å². The lowest BCUT2D eigenvalue weighted by atomic mass is 9.38. The minimum atomic E-state index is -1.91. The Bertz CT molecular complexity index is 1680. The van der Waals surface area contributed by atoms with Gasteiger partial charge in [-0.15, -0.1) is 0 Å². The van der Waals surface area contributed by atoms with Gasteiger partial charge in [0.05, 0.1) is 38.1 Å². The lowest BCUT2D eigenvalue weighted by Gasteiger charge is -2.68. The van der Waals surface area contributed by atoms with Crippen LogP contribution in [0.3, 0.4) is 0 Å². The van der Waals surface area contributed by atoms with Crippen molar-refractivity contribution < 1.29 is 94.8 Å². The zero-order valence-corrected chi connectivity index (χ0v) is 40.1.